The first-order valence-corrected chi connectivity index (χ1v) is 30.7. The smallest absolute Gasteiger partial charge is 0.331 e. The molecule has 3 aliphatic carbocycles. The van der Waals surface area contributed by atoms with Gasteiger partial charge in [-0.2, -0.15) is 0 Å². The lowest BCUT2D eigenvalue weighted by Crippen LogP contribution is -2.66. The molecule has 5 saturated heterocycles. The molecule has 0 aromatic heterocycles. The van der Waals surface area contributed by atoms with E-state index in [1.165, 1.54) is 39.4 Å². The maximum atomic E-state index is 14.1. The minimum Gasteiger partial charge on any atom is -0.458 e. The molecular weight excluding hydrogens is 1180 g/mol. The summed E-state index contributed by atoms with van der Waals surface area (Å²) >= 11 is 0. The Labute approximate surface area is 516 Å². The van der Waals surface area contributed by atoms with Gasteiger partial charge in [0.05, 0.1) is 60.9 Å². The van der Waals surface area contributed by atoms with Gasteiger partial charge in [0.1, 0.15) is 97.0 Å². The maximum Gasteiger partial charge on any atom is 0.331 e. The molecule has 0 unspecified atom stereocenters. The minimum absolute atomic E-state index is 0.0673. The van der Waals surface area contributed by atoms with Crippen molar-refractivity contribution in [2.75, 3.05) is 27.4 Å². The lowest BCUT2D eigenvalue weighted by atomic mass is 9.52. The van der Waals surface area contributed by atoms with Crippen LogP contribution in [0.1, 0.15) is 98.5 Å². The summed E-state index contributed by atoms with van der Waals surface area (Å²) in [4.78, 5) is 54.6. The second-order valence-corrected chi connectivity index (χ2v) is 25.5. The number of fused-ring (bicyclic) bond motifs is 1. The van der Waals surface area contributed by atoms with Gasteiger partial charge >= 0.3 is 5.97 Å². The van der Waals surface area contributed by atoms with Crippen LogP contribution in [0.5, 0.6) is 0 Å². The average Bonchev–Trinajstić information content (AvgIpc) is 1.31. The van der Waals surface area contributed by atoms with Gasteiger partial charge in [0.25, 0.3) is 0 Å². The molecule has 89 heavy (non-hydrogen) atoms. The maximum absolute atomic E-state index is 14.1. The van der Waals surface area contributed by atoms with Crippen molar-refractivity contribution in [2.45, 2.75) is 252 Å². The monoisotopic (exact) mass is 1270 g/mol. The number of allylic oxidation sites excluding steroid dienone is 1. The molecule has 0 radical (unpaired) electrons. The zero-order chi connectivity index (χ0) is 64.6. The summed E-state index contributed by atoms with van der Waals surface area (Å²) in [7, 11) is 2.79. The molecule has 7 fully saturated rings. The minimum atomic E-state index is -1.90. The number of carbonyl (C=O) groups is 4. The van der Waals surface area contributed by atoms with Gasteiger partial charge in [-0.05, 0) is 84.1 Å². The van der Waals surface area contributed by atoms with E-state index in [2.05, 4.69) is 0 Å². The summed E-state index contributed by atoms with van der Waals surface area (Å²) in [5.74, 6) is -3.15. The molecule has 2 saturated carbocycles. The van der Waals surface area contributed by atoms with Crippen molar-refractivity contribution in [3.05, 3.63) is 54.1 Å². The van der Waals surface area contributed by atoms with E-state index in [9.17, 15) is 70.2 Å². The Balaban J connectivity index is 0.777. The van der Waals surface area contributed by atoms with Crippen molar-refractivity contribution in [3.63, 3.8) is 0 Å². The number of hydrogen-bond acceptors (Lipinski definition) is 27. The number of aliphatic hydroxyl groups is 10. The van der Waals surface area contributed by atoms with Gasteiger partial charge in [-0.1, -0.05) is 37.3 Å². The fraction of sp³-hybridized carbons (Fsp3) is 0.774. The summed E-state index contributed by atoms with van der Waals surface area (Å²) in [6.07, 6.45) is -25.4. The number of methoxy groups -OCH3 is 2. The Morgan fingerprint density at radius 3 is 1.92 bits per heavy atom. The zero-order valence-corrected chi connectivity index (χ0v) is 51.3. The quantitative estimate of drug-likeness (QED) is 0.0531. The van der Waals surface area contributed by atoms with Crippen LogP contribution in [-0.4, -0.2) is 261 Å². The van der Waals surface area contributed by atoms with Crippen molar-refractivity contribution in [1.29, 1.82) is 0 Å². The second kappa shape index (κ2) is 28.9. The van der Waals surface area contributed by atoms with Crippen LogP contribution in [0.4, 0.5) is 0 Å². The highest BCUT2D eigenvalue weighted by molar-refractivity contribution is 5.97. The largest absolute Gasteiger partial charge is 0.458 e. The molecule has 5 aliphatic heterocycles. The van der Waals surface area contributed by atoms with Gasteiger partial charge < -0.3 is 113 Å². The van der Waals surface area contributed by atoms with Crippen molar-refractivity contribution < 1.29 is 132 Å². The van der Waals surface area contributed by atoms with E-state index < -0.39 is 201 Å². The first-order chi connectivity index (χ1) is 42.2. The van der Waals surface area contributed by atoms with Crippen molar-refractivity contribution in [3.8, 4) is 0 Å². The molecule has 1 aromatic carbocycles. The number of carbonyl (C=O) groups excluding carboxylic acids is 4. The molecule has 8 aliphatic rings. The SMILES string of the molecule is CO[C@@H]1[C@@H](O)[C@H](O[C@H]2[C@@H](O)C[C@H](O[C@H]3[C@@H](OC)C[C@H](O[C@H]4CC[C@]5(C)[C@@H](C[C@@H](OC(=O)/C=C/c6ccccc6)[C@]6(C)C(=O)CC[C@@H]6C(C)=O)C(=O)C=C[C@]5(O)C4)O[C@@H]3C)O[C@@H]2C)O[C@H](C)[C@H]1O[C@@H]1O[C@H](CO)[C@@H](O[C@@H]2O[C@H](CO)[C@@H](O)[C@H](O)[C@H]2O)[C@H](O)[C@H]1O. The summed E-state index contributed by atoms with van der Waals surface area (Å²) in [5.41, 5.74) is -3.37. The zero-order valence-electron chi connectivity index (χ0n) is 51.3. The molecule has 27 heteroatoms. The molecule has 5 heterocycles. The molecule has 1 aromatic rings. The van der Waals surface area contributed by atoms with Crippen LogP contribution in [0, 0.1) is 22.7 Å². The Morgan fingerprint density at radius 2 is 1.28 bits per heavy atom. The topological polar surface area (TPSA) is 391 Å². The van der Waals surface area contributed by atoms with Crippen LogP contribution >= 0.6 is 0 Å². The van der Waals surface area contributed by atoms with Crippen molar-refractivity contribution in [1.82, 2.24) is 0 Å². The normalized spacial score (nSPS) is 46.6. The van der Waals surface area contributed by atoms with E-state index in [0.717, 1.165) is 5.56 Å². The van der Waals surface area contributed by atoms with E-state index in [-0.39, 0.29) is 55.9 Å². The second-order valence-electron chi connectivity index (χ2n) is 25.5. The van der Waals surface area contributed by atoms with Crippen LogP contribution in [0.25, 0.3) is 6.08 Å². The third-order valence-corrected chi connectivity index (χ3v) is 20.0. The summed E-state index contributed by atoms with van der Waals surface area (Å²) in [5, 5.41) is 109. The molecule has 30 atom stereocenters. The summed E-state index contributed by atoms with van der Waals surface area (Å²) in [6, 6.07) is 9.10. The Morgan fingerprint density at radius 1 is 0.674 bits per heavy atom. The number of aliphatic hydroxyl groups excluding tert-OH is 9. The first kappa shape index (κ1) is 69.6. The van der Waals surface area contributed by atoms with Crippen LogP contribution in [0.15, 0.2) is 48.6 Å². The molecular formula is C62H90O27. The molecule has 0 bridgehead atoms. The summed E-state index contributed by atoms with van der Waals surface area (Å²) in [6.45, 7) is 8.26. The highest BCUT2D eigenvalue weighted by atomic mass is 16.8. The van der Waals surface area contributed by atoms with Crippen molar-refractivity contribution in [2.24, 2.45) is 22.7 Å². The molecule has 0 spiro atoms. The molecule has 10 N–H and O–H groups in total. The fourth-order valence-electron chi connectivity index (χ4n) is 14.6. The van der Waals surface area contributed by atoms with Gasteiger partial charge in [0.2, 0.25) is 0 Å². The van der Waals surface area contributed by atoms with E-state index in [4.69, 9.17) is 61.6 Å². The third-order valence-electron chi connectivity index (χ3n) is 20.0. The molecule has 9 rings (SSSR count). The highest BCUT2D eigenvalue weighted by Crippen LogP contribution is 2.57. The number of ether oxygens (including phenoxy) is 13. The Kier molecular flexibility index (Phi) is 22.6. The highest BCUT2D eigenvalue weighted by Gasteiger charge is 2.62. The number of ketones is 3. The Bertz CT molecular complexity index is 2610. The third kappa shape index (κ3) is 14.2. The standard InChI is InChI=1S/C62H90O27/c1-28(65)34-15-16-41(68)61(34,6)42(85-43(69)17-14-32-12-10-9-11-13-32)22-35-36(66)19-21-62(76)25-33(18-20-60(35,62)5)82-45-24-38(77-7)53(30(3)80-45)86-44-23-37(67)52(29(2)79-44)87-59-51(75)56(78-8)54(31(4)81-59)88-58-50(74)48(72)55(40(27-64)84-58)89-57-49(73)47(71)46(70)39(26-63)83-57/h9-14,17,19,21,29-31,33-35,37-40,42,44-59,63-64,67,70-76H,15-16,18,20,22-27H2,1-8H3/b17-14+/t29-,30-,31-,33+,34-,35+,37+,38+,39-,40-,42-,44+,45+,46-,47+,48-,49-,50-,51-,52-,53-,54-,55-,56-,57+,58+,59+,60-,61+,62+/m1/s1. The number of esters is 1. The van der Waals surface area contributed by atoms with E-state index in [1.54, 1.807) is 33.8 Å². The van der Waals surface area contributed by atoms with Gasteiger partial charge in [-0.25, -0.2) is 4.79 Å². The first-order valence-electron chi connectivity index (χ1n) is 30.7. The lowest BCUT2D eigenvalue weighted by Gasteiger charge is -2.55. The molecule has 500 valence electrons. The van der Waals surface area contributed by atoms with E-state index in [0.29, 0.717) is 12.8 Å². The number of Topliss-reactive ketones (excluding diaryl/α,β-unsaturated/α-hetero) is 2. The van der Waals surface area contributed by atoms with Crippen molar-refractivity contribution >= 4 is 29.4 Å². The van der Waals surface area contributed by atoms with Crippen LogP contribution in [-0.2, 0) is 80.8 Å². The molecule has 27 nitrogen and oxygen atoms in total. The number of rotatable bonds is 21. The van der Waals surface area contributed by atoms with Gasteiger partial charge in [-0.15, -0.1) is 0 Å². The predicted octanol–water partition coefficient (Wildman–Crippen LogP) is -0.816. The molecule has 0 amide bonds. The average molecular weight is 1270 g/mol. The van der Waals surface area contributed by atoms with Crippen LogP contribution in [0.2, 0.25) is 0 Å². The van der Waals surface area contributed by atoms with E-state index in [1.807, 2.05) is 37.3 Å². The van der Waals surface area contributed by atoms with Gasteiger partial charge in [0.15, 0.2) is 37.2 Å². The number of hydrogen-bond donors (Lipinski definition) is 10. The number of benzene rings is 1. The van der Waals surface area contributed by atoms with Crippen LogP contribution in [0.3, 0.4) is 0 Å². The van der Waals surface area contributed by atoms with E-state index >= 15 is 0 Å². The Hall–Kier alpha value is -3.70. The summed E-state index contributed by atoms with van der Waals surface area (Å²) < 4.78 is 78.7. The predicted molar refractivity (Wildman–Crippen MR) is 303 cm³/mol. The van der Waals surface area contributed by atoms with Crippen LogP contribution < -0.4 is 0 Å². The lowest BCUT2D eigenvalue weighted by molar-refractivity contribution is -0.384. The van der Waals surface area contributed by atoms with Gasteiger partial charge in [-0.3, -0.25) is 14.4 Å². The van der Waals surface area contributed by atoms with Gasteiger partial charge in [0, 0.05) is 63.2 Å². The fourth-order valence-corrected chi connectivity index (χ4v) is 14.6.